The monoisotopic (exact) mass is 265 g/mol. The van der Waals surface area contributed by atoms with Gasteiger partial charge < -0.3 is 10.8 Å². The molecule has 1 fully saturated rings. The van der Waals surface area contributed by atoms with Crippen molar-refractivity contribution >= 4 is 11.4 Å². The molecule has 0 spiro atoms. The largest absolute Gasteiger partial charge is 0.398 e. The molecule has 0 aliphatic carbocycles. The summed E-state index contributed by atoms with van der Waals surface area (Å²) in [5.41, 5.74) is 7.35. The van der Waals surface area contributed by atoms with Crippen LogP contribution in [0.5, 0.6) is 0 Å². The van der Waals surface area contributed by atoms with Crippen molar-refractivity contribution in [2.75, 3.05) is 25.4 Å². The van der Waals surface area contributed by atoms with E-state index in [1.807, 2.05) is 0 Å². The third-order valence-electron chi connectivity index (χ3n) is 3.64. The number of nitrogen functional groups attached to an aromatic ring is 1. The second-order valence-corrected chi connectivity index (χ2v) is 5.04. The fraction of sp³-hybridized carbons (Fsp3) is 0.538. The second-order valence-electron chi connectivity index (χ2n) is 5.04. The van der Waals surface area contributed by atoms with Gasteiger partial charge in [0.15, 0.2) is 0 Å². The highest BCUT2D eigenvalue weighted by Crippen LogP contribution is 2.25. The third-order valence-corrected chi connectivity index (χ3v) is 3.64. The number of hydrogen-bond acceptors (Lipinski definition) is 5. The fourth-order valence-electron chi connectivity index (χ4n) is 2.56. The molecule has 104 valence electrons. The predicted octanol–water partition coefficient (Wildman–Crippen LogP) is 1.38. The SMILES string of the molecule is Nc1ccc([N+](=O)[O-])cc1CN1CCC(CCO)C1. The summed E-state index contributed by atoms with van der Waals surface area (Å²) in [6.45, 7) is 2.72. The minimum atomic E-state index is -0.401. The minimum absolute atomic E-state index is 0.0790. The van der Waals surface area contributed by atoms with Crippen molar-refractivity contribution in [1.29, 1.82) is 0 Å². The van der Waals surface area contributed by atoms with E-state index in [-0.39, 0.29) is 12.3 Å². The van der Waals surface area contributed by atoms with Crippen molar-refractivity contribution in [3.05, 3.63) is 33.9 Å². The number of non-ortho nitro benzene ring substituents is 1. The Morgan fingerprint density at radius 2 is 2.32 bits per heavy atom. The van der Waals surface area contributed by atoms with E-state index in [2.05, 4.69) is 4.90 Å². The number of rotatable bonds is 5. The number of aliphatic hydroxyl groups excluding tert-OH is 1. The van der Waals surface area contributed by atoms with Gasteiger partial charge in [-0.2, -0.15) is 0 Å². The normalized spacial score (nSPS) is 19.7. The van der Waals surface area contributed by atoms with Crippen molar-refractivity contribution in [2.24, 2.45) is 5.92 Å². The molecule has 1 unspecified atom stereocenters. The summed E-state index contributed by atoms with van der Waals surface area (Å²) in [7, 11) is 0. The Balaban J connectivity index is 2.03. The van der Waals surface area contributed by atoms with Gasteiger partial charge >= 0.3 is 0 Å². The average Bonchev–Trinajstić information content (AvgIpc) is 2.80. The van der Waals surface area contributed by atoms with Gasteiger partial charge in [-0.05, 0) is 36.9 Å². The molecule has 0 bridgehead atoms. The molecule has 1 atom stereocenters. The van der Waals surface area contributed by atoms with Crippen LogP contribution < -0.4 is 5.73 Å². The highest BCUT2D eigenvalue weighted by atomic mass is 16.6. The van der Waals surface area contributed by atoms with Crippen LogP contribution in [0.1, 0.15) is 18.4 Å². The lowest BCUT2D eigenvalue weighted by molar-refractivity contribution is -0.384. The van der Waals surface area contributed by atoms with Crippen LogP contribution in [-0.4, -0.2) is 34.6 Å². The number of anilines is 1. The second kappa shape index (κ2) is 5.99. The van der Waals surface area contributed by atoms with Crippen molar-refractivity contribution in [3.8, 4) is 0 Å². The fourth-order valence-corrected chi connectivity index (χ4v) is 2.56. The standard InChI is InChI=1S/C13H19N3O3/c14-13-2-1-12(16(18)19)7-11(13)9-15-5-3-10(8-15)4-6-17/h1-2,7,10,17H,3-6,8-9,14H2. The number of likely N-dealkylation sites (tertiary alicyclic amines) is 1. The lowest BCUT2D eigenvalue weighted by Gasteiger charge is -2.17. The van der Waals surface area contributed by atoms with Crippen molar-refractivity contribution in [2.45, 2.75) is 19.4 Å². The molecule has 1 saturated heterocycles. The van der Waals surface area contributed by atoms with Gasteiger partial charge in [-0.3, -0.25) is 15.0 Å². The summed E-state index contributed by atoms with van der Waals surface area (Å²) in [5, 5.41) is 19.7. The maximum atomic E-state index is 10.8. The van der Waals surface area contributed by atoms with Gasteiger partial charge in [0.25, 0.3) is 5.69 Å². The average molecular weight is 265 g/mol. The van der Waals surface area contributed by atoms with Gasteiger partial charge in [-0.1, -0.05) is 0 Å². The van der Waals surface area contributed by atoms with Crippen LogP contribution in [-0.2, 0) is 6.54 Å². The predicted molar refractivity (Wildman–Crippen MR) is 72.6 cm³/mol. The molecule has 6 nitrogen and oxygen atoms in total. The molecule has 2 rings (SSSR count). The zero-order valence-electron chi connectivity index (χ0n) is 10.8. The van der Waals surface area contributed by atoms with Gasteiger partial charge in [0.05, 0.1) is 4.92 Å². The summed E-state index contributed by atoms with van der Waals surface area (Å²) < 4.78 is 0. The van der Waals surface area contributed by atoms with Crippen molar-refractivity contribution < 1.29 is 10.0 Å². The number of nitrogens with zero attached hydrogens (tertiary/aromatic N) is 2. The molecule has 3 N–H and O–H groups in total. The molecule has 0 amide bonds. The molecule has 1 aromatic carbocycles. The number of nitrogens with two attached hydrogens (primary N) is 1. The third kappa shape index (κ3) is 3.42. The first-order valence-electron chi connectivity index (χ1n) is 6.46. The quantitative estimate of drug-likeness (QED) is 0.476. The molecule has 0 saturated carbocycles. The zero-order valence-corrected chi connectivity index (χ0v) is 10.8. The molecule has 1 aliphatic rings. The Labute approximate surface area is 112 Å². The molecule has 1 aromatic rings. The van der Waals surface area contributed by atoms with Gasteiger partial charge in [0.2, 0.25) is 0 Å². The van der Waals surface area contributed by atoms with Crippen molar-refractivity contribution in [1.82, 2.24) is 4.90 Å². The van der Waals surface area contributed by atoms with E-state index < -0.39 is 4.92 Å². The van der Waals surface area contributed by atoms with Crippen molar-refractivity contribution in [3.63, 3.8) is 0 Å². The van der Waals surface area contributed by atoms with Gasteiger partial charge in [0, 0.05) is 37.5 Å². The molecular formula is C13H19N3O3. The van der Waals surface area contributed by atoms with Crippen LogP contribution in [0.4, 0.5) is 11.4 Å². The first kappa shape index (κ1) is 13.8. The summed E-state index contributed by atoms with van der Waals surface area (Å²) in [4.78, 5) is 12.6. The topological polar surface area (TPSA) is 92.6 Å². The Bertz CT molecular complexity index is 464. The van der Waals surface area contributed by atoms with E-state index in [0.29, 0.717) is 18.2 Å². The Kier molecular flexibility index (Phi) is 4.34. The minimum Gasteiger partial charge on any atom is -0.398 e. The van der Waals surface area contributed by atoms with Gasteiger partial charge in [0.1, 0.15) is 0 Å². The summed E-state index contributed by atoms with van der Waals surface area (Å²) in [5.74, 6) is 0.518. The van der Waals surface area contributed by atoms with Gasteiger partial charge in [-0.25, -0.2) is 0 Å². The van der Waals surface area contributed by atoms with Crippen LogP contribution >= 0.6 is 0 Å². The molecule has 0 aromatic heterocycles. The highest BCUT2D eigenvalue weighted by molar-refractivity contribution is 5.52. The van der Waals surface area contributed by atoms with Crippen LogP contribution in [0.2, 0.25) is 0 Å². The summed E-state index contributed by atoms with van der Waals surface area (Å²) >= 11 is 0. The van der Waals surface area contributed by atoms with E-state index in [1.165, 1.54) is 6.07 Å². The van der Waals surface area contributed by atoms with Crippen LogP contribution in [0, 0.1) is 16.0 Å². The molecule has 6 heteroatoms. The number of hydrogen-bond donors (Lipinski definition) is 2. The first-order chi connectivity index (χ1) is 9.10. The Morgan fingerprint density at radius 1 is 1.53 bits per heavy atom. The van der Waals surface area contributed by atoms with Crippen LogP contribution in [0.3, 0.4) is 0 Å². The Hall–Kier alpha value is -1.66. The van der Waals surface area contributed by atoms with Crippen LogP contribution in [0.15, 0.2) is 18.2 Å². The smallest absolute Gasteiger partial charge is 0.269 e. The molecule has 0 radical (unpaired) electrons. The zero-order chi connectivity index (χ0) is 13.8. The summed E-state index contributed by atoms with van der Waals surface area (Å²) in [6, 6.07) is 4.57. The van der Waals surface area contributed by atoms with E-state index in [4.69, 9.17) is 10.8 Å². The van der Waals surface area contributed by atoms with E-state index >= 15 is 0 Å². The van der Waals surface area contributed by atoms with E-state index in [9.17, 15) is 10.1 Å². The maximum Gasteiger partial charge on any atom is 0.269 e. The maximum absolute atomic E-state index is 10.8. The lowest BCUT2D eigenvalue weighted by Crippen LogP contribution is -2.21. The van der Waals surface area contributed by atoms with E-state index in [0.717, 1.165) is 31.5 Å². The molecule has 19 heavy (non-hydrogen) atoms. The Morgan fingerprint density at radius 3 is 3.00 bits per heavy atom. The number of nitro benzene ring substituents is 1. The highest BCUT2D eigenvalue weighted by Gasteiger charge is 2.23. The molecule has 1 aliphatic heterocycles. The number of nitro groups is 1. The first-order valence-corrected chi connectivity index (χ1v) is 6.46. The molecule has 1 heterocycles. The van der Waals surface area contributed by atoms with Gasteiger partial charge in [-0.15, -0.1) is 0 Å². The van der Waals surface area contributed by atoms with Crippen LogP contribution in [0.25, 0.3) is 0 Å². The van der Waals surface area contributed by atoms with E-state index in [1.54, 1.807) is 12.1 Å². The molecular weight excluding hydrogens is 246 g/mol. The number of benzene rings is 1. The number of aliphatic hydroxyl groups is 1. The lowest BCUT2D eigenvalue weighted by atomic mass is 10.1. The summed E-state index contributed by atoms with van der Waals surface area (Å²) in [6.07, 6.45) is 1.89.